The van der Waals surface area contributed by atoms with Crippen LogP contribution < -0.4 is 0 Å². The minimum atomic E-state index is -0.639. The van der Waals surface area contributed by atoms with E-state index < -0.39 is 12.1 Å². The highest BCUT2D eigenvalue weighted by Crippen LogP contribution is 2.39. The van der Waals surface area contributed by atoms with Crippen LogP contribution in [0.25, 0.3) is 0 Å². The zero-order chi connectivity index (χ0) is 16.4. The highest BCUT2D eigenvalue weighted by molar-refractivity contribution is 14.1. The van der Waals surface area contributed by atoms with Gasteiger partial charge in [-0.05, 0) is 19.4 Å². The van der Waals surface area contributed by atoms with Gasteiger partial charge in [0.15, 0.2) is 12.1 Å². The van der Waals surface area contributed by atoms with Gasteiger partial charge in [0, 0.05) is 11.5 Å². The summed E-state index contributed by atoms with van der Waals surface area (Å²) in [6.07, 6.45) is -1.20. The Labute approximate surface area is 150 Å². The summed E-state index contributed by atoms with van der Waals surface area (Å²) < 4.78 is 30.6. The number of rotatable bonds is 5. The van der Waals surface area contributed by atoms with Crippen molar-refractivity contribution in [3.05, 3.63) is 35.9 Å². The van der Waals surface area contributed by atoms with E-state index >= 15 is 0 Å². The summed E-state index contributed by atoms with van der Waals surface area (Å²) in [5, 5.41) is 0. The van der Waals surface area contributed by atoms with Gasteiger partial charge in [0.25, 0.3) is 0 Å². The number of ether oxygens (including phenoxy) is 5. The molecule has 0 radical (unpaired) electrons. The molecule has 0 spiro atoms. The summed E-state index contributed by atoms with van der Waals surface area (Å²) in [5.41, 5.74) is 1.10. The van der Waals surface area contributed by atoms with Gasteiger partial charge in [0.05, 0.1) is 12.7 Å². The summed E-state index contributed by atoms with van der Waals surface area (Å²) in [6.45, 7) is 4.33. The topological polar surface area (TPSA) is 46.2 Å². The van der Waals surface area contributed by atoms with Crippen LogP contribution in [0.4, 0.5) is 0 Å². The quantitative estimate of drug-likeness (QED) is 0.527. The van der Waals surface area contributed by atoms with E-state index in [2.05, 4.69) is 22.6 Å². The Hall–Kier alpha value is -0.250. The number of halogens is 1. The molecule has 0 saturated carbocycles. The maximum absolute atomic E-state index is 6.12. The average molecular weight is 434 g/mol. The molecule has 3 rings (SSSR count). The number of fused-ring (bicyclic) bond motifs is 1. The number of hydrogen-bond acceptors (Lipinski definition) is 5. The Bertz CT molecular complexity index is 509. The van der Waals surface area contributed by atoms with E-state index in [1.54, 1.807) is 7.11 Å². The summed E-state index contributed by atoms with van der Waals surface area (Å²) >= 11 is 2.30. The molecule has 1 aromatic carbocycles. The van der Waals surface area contributed by atoms with E-state index in [4.69, 9.17) is 23.7 Å². The second-order valence-corrected chi connectivity index (χ2v) is 7.14. The third-order valence-electron chi connectivity index (χ3n) is 4.10. The second-order valence-electron chi connectivity index (χ2n) is 6.26. The van der Waals surface area contributed by atoms with Gasteiger partial charge < -0.3 is 23.7 Å². The van der Waals surface area contributed by atoms with Crippen LogP contribution in [-0.2, 0) is 30.3 Å². The fraction of sp³-hybridized carbons (Fsp3) is 0.647. The van der Waals surface area contributed by atoms with Gasteiger partial charge in [-0.25, -0.2) is 0 Å². The molecule has 2 fully saturated rings. The smallest absolute Gasteiger partial charge is 0.186 e. The largest absolute Gasteiger partial charge is 0.365 e. The Kier molecular flexibility index (Phi) is 5.60. The molecule has 2 aliphatic heterocycles. The van der Waals surface area contributed by atoms with Crippen molar-refractivity contribution in [2.75, 3.05) is 11.5 Å². The van der Waals surface area contributed by atoms with E-state index in [-0.39, 0.29) is 24.4 Å². The first-order chi connectivity index (χ1) is 11.0. The monoisotopic (exact) mass is 434 g/mol. The highest BCUT2D eigenvalue weighted by Gasteiger charge is 2.55. The number of benzene rings is 1. The van der Waals surface area contributed by atoms with Crippen molar-refractivity contribution in [2.45, 2.75) is 56.9 Å². The molecular weight excluding hydrogens is 411 g/mol. The van der Waals surface area contributed by atoms with Crippen LogP contribution in [0.5, 0.6) is 0 Å². The predicted octanol–water partition coefficient (Wildman–Crippen LogP) is 2.90. The van der Waals surface area contributed by atoms with Gasteiger partial charge in [-0.15, -0.1) is 0 Å². The van der Waals surface area contributed by atoms with Crippen LogP contribution in [-0.4, -0.2) is 48.0 Å². The molecule has 0 aromatic heterocycles. The molecule has 2 saturated heterocycles. The molecule has 0 unspecified atom stereocenters. The van der Waals surface area contributed by atoms with Crippen molar-refractivity contribution in [1.82, 2.24) is 0 Å². The molecule has 5 atom stereocenters. The molecule has 5 nitrogen and oxygen atoms in total. The highest BCUT2D eigenvalue weighted by atomic mass is 127. The van der Waals surface area contributed by atoms with Gasteiger partial charge >= 0.3 is 0 Å². The number of methoxy groups -OCH3 is 1. The van der Waals surface area contributed by atoms with E-state index in [9.17, 15) is 0 Å². The third kappa shape index (κ3) is 3.88. The van der Waals surface area contributed by atoms with Crippen LogP contribution in [0.2, 0.25) is 0 Å². The Morgan fingerprint density at radius 3 is 2.48 bits per heavy atom. The molecule has 2 aliphatic rings. The summed E-state index contributed by atoms with van der Waals surface area (Å²) in [5.74, 6) is -0.639. The van der Waals surface area contributed by atoms with Gasteiger partial charge in [-0.1, -0.05) is 52.9 Å². The Balaban J connectivity index is 1.76. The lowest BCUT2D eigenvalue weighted by atomic mass is 10.00. The second kappa shape index (κ2) is 7.33. The van der Waals surface area contributed by atoms with E-state index in [1.165, 1.54) is 0 Å². The van der Waals surface area contributed by atoms with Crippen LogP contribution in [0, 0.1) is 0 Å². The lowest BCUT2D eigenvalue weighted by molar-refractivity contribution is -0.277. The first kappa shape index (κ1) is 17.6. The van der Waals surface area contributed by atoms with E-state index in [0.29, 0.717) is 6.61 Å². The van der Waals surface area contributed by atoms with Crippen molar-refractivity contribution < 1.29 is 23.7 Å². The van der Waals surface area contributed by atoms with E-state index in [1.807, 2.05) is 44.2 Å². The summed E-state index contributed by atoms with van der Waals surface area (Å²) in [4.78, 5) is 0. The minimum Gasteiger partial charge on any atom is -0.365 e. The first-order valence-electron chi connectivity index (χ1n) is 7.79. The maximum atomic E-state index is 6.12. The molecule has 0 N–H and O–H groups in total. The standard InChI is InChI=1S/C17H23IO5/c1-17(2)22-13-12(9-18)21-16(19-3)15(14(13)23-17)20-10-11-7-5-4-6-8-11/h4-8,12-16H,9-10H2,1-3H3/t12-,13+,14+,15-,16+/m1/s1. The lowest BCUT2D eigenvalue weighted by Crippen LogP contribution is -2.58. The van der Waals surface area contributed by atoms with Crippen molar-refractivity contribution in [3.63, 3.8) is 0 Å². The van der Waals surface area contributed by atoms with Gasteiger partial charge in [-0.3, -0.25) is 0 Å². The van der Waals surface area contributed by atoms with Crippen LogP contribution in [0.1, 0.15) is 19.4 Å². The molecule has 6 heteroatoms. The third-order valence-corrected chi connectivity index (χ3v) is 4.97. The van der Waals surface area contributed by atoms with Gasteiger partial charge in [-0.2, -0.15) is 0 Å². The van der Waals surface area contributed by atoms with Crippen LogP contribution in [0.3, 0.4) is 0 Å². The predicted molar refractivity (Wildman–Crippen MR) is 93.4 cm³/mol. The summed E-state index contributed by atoms with van der Waals surface area (Å²) in [6, 6.07) is 10.1. The zero-order valence-electron chi connectivity index (χ0n) is 13.6. The Morgan fingerprint density at radius 2 is 1.83 bits per heavy atom. The molecule has 1 aromatic rings. The fourth-order valence-electron chi connectivity index (χ4n) is 3.09. The van der Waals surface area contributed by atoms with Crippen molar-refractivity contribution >= 4 is 22.6 Å². The normalized spacial score (nSPS) is 35.9. The minimum absolute atomic E-state index is 0.0658. The van der Waals surface area contributed by atoms with E-state index in [0.717, 1.165) is 9.99 Å². The average Bonchev–Trinajstić information content (AvgIpc) is 2.88. The molecule has 128 valence electrons. The van der Waals surface area contributed by atoms with Crippen molar-refractivity contribution in [1.29, 1.82) is 0 Å². The SMILES string of the molecule is CO[C@H]1O[C@H](CI)[C@@H]2OC(C)(C)O[C@@H]2[C@H]1OCc1ccccc1. The molecule has 2 heterocycles. The molecule has 0 bridgehead atoms. The first-order valence-corrected chi connectivity index (χ1v) is 9.32. The molecule has 0 amide bonds. The zero-order valence-corrected chi connectivity index (χ0v) is 15.8. The molecular formula is C17H23IO5. The molecule has 23 heavy (non-hydrogen) atoms. The van der Waals surface area contributed by atoms with Crippen LogP contribution >= 0.6 is 22.6 Å². The fourth-order valence-corrected chi connectivity index (χ4v) is 3.80. The van der Waals surface area contributed by atoms with Crippen LogP contribution in [0.15, 0.2) is 30.3 Å². The van der Waals surface area contributed by atoms with Crippen molar-refractivity contribution in [2.24, 2.45) is 0 Å². The number of alkyl halides is 1. The summed E-state index contributed by atoms with van der Waals surface area (Å²) in [7, 11) is 1.63. The lowest BCUT2D eigenvalue weighted by Gasteiger charge is -2.40. The van der Waals surface area contributed by atoms with Crippen molar-refractivity contribution in [3.8, 4) is 0 Å². The number of hydrogen-bond donors (Lipinski definition) is 0. The van der Waals surface area contributed by atoms with Gasteiger partial charge in [0.2, 0.25) is 0 Å². The maximum Gasteiger partial charge on any atom is 0.186 e. The van der Waals surface area contributed by atoms with Gasteiger partial charge in [0.1, 0.15) is 18.3 Å². The Morgan fingerprint density at radius 1 is 1.13 bits per heavy atom. The molecule has 0 aliphatic carbocycles.